The number of nitrogens with zero attached hydrogens (tertiary/aromatic N) is 2. The summed E-state index contributed by atoms with van der Waals surface area (Å²) < 4.78 is 0. The van der Waals surface area contributed by atoms with E-state index in [0.717, 1.165) is 13.0 Å². The second kappa shape index (κ2) is 6.18. The van der Waals surface area contributed by atoms with E-state index in [9.17, 15) is 0 Å². The lowest BCUT2D eigenvalue weighted by atomic mass is 10.1. The van der Waals surface area contributed by atoms with Crippen LogP contribution in [0.2, 0.25) is 0 Å². The first-order chi connectivity index (χ1) is 8.31. The van der Waals surface area contributed by atoms with Crippen LogP contribution in [0, 0.1) is 0 Å². The summed E-state index contributed by atoms with van der Waals surface area (Å²) >= 11 is 0. The van der Waals surface area contributed by atoms with Gasteiger partial charge >= 0.3 is 0 Å². The molecule has 1 heterocycles. The minimum atomic E-state index is 1.11. The molecule has 17 heavy (non-hydrogen) atoms. The number of piperazine rings is 1. The fraction of sp³-hybridized carbons (Fsp3) is 0.600. The normalized spacial score (nSPS) is 18.5. The third kappa shape index (κ3) is 3.55. The molecule has 0 bridgehead atoms. The van der Waals surface area contributed by atoms with Crippen molar-refractivity contribution in [2.24, 2.45) is 0 Å². The minimum absolute atomic E-state index is 1.11. The van der Waals surface area contributed by atoms with Crippen LogP contribution < -0.4 is 0 Å². The zero-order valence-electron chi connectivity index (χ0n) is 11.2. The van der Waals surface area contributed by atoms with Gasteiger partial charge in [0.15, 0.2) is 0 Å². The predicted octanol–water partition coefficient (Wildman–Crippen LogP) is 2.39. The van der Waals surface area contributed by atoms with Crippen LogP contribution in [0.4, 0.5) is 0 Å². The summed E-state index contributed by atoms with van der Waals surface area (Å²) in [6.07, 6.45) is 1.13. The Morgan fingerprint density at radius 1 is 0.824 bits per heavy atom. The van der Waals surface area contributed by atoms with Crippen LogP contribution in [0.1, 0.15) is 25.0 Å². The molecule has 0 amide bonds. The summed E-state index contributed by atoms with van der Waals surface area (Å²) in [6, 6.07) is 9.09. The van der Waals surface area contributed by atoms with Crippen LogP contribution in [0.15, 0.2) is 24.3 Å². The molecule has 2 rings (SSSR count). The third-order valence-electron chi connectivity index (χ3n) is 3.75. The Morgan fingerprint density at radius 3 is 1.88 bits per heavy atom. The minimum Gasteiger partial charge on any atom is -0.301 e. The van der Waals surface area contributed by atoms with E-state index in [0.29, 0.717) is 0 Å². The van der Waals surface area contributed by atoms with Gasteiger partial charge in [-0.05, 0) is 24.1 Å². The van der Waals surface area contributed by atoms with Gasteiger partial charge in [0.1, 0.15) is 0 Å². The molecule has 1 aliphatic heterocycles. The van der Waals surface area contributed by atoms with E-state index in [4.69, 9.17) is 0 Å². The zero-order chi connectivity index (χ0) is 12.1. The average molecular weight is 232 g/mol. The van der Waals surface area contributed by atoms with Crippen LogP contribution in [0.3, 0.4) is 0 Å². The van der Waals surface area contributed by atoms with E-state index in [1.807, 2.05) is 0 Å². The molecule has 94 valence electrons. The Labute approximate surface area is 105 Å². The molecule has 0 saturated carbocycles. The van der Waals surface area contributed by atoms with Gasteiger partial charge in [-0.1, -0.05) is 38.1 Å². The van der Waals surface area contributed by atoms with Gasteiger partial charge in [-0.2, -0.15) is 0 Å². The van der Waals surface area contributed by atoms with Crippen molar-refractivity contribution in [3.63, 3.8) is 0 Å². The molecule has 1 saturated heterocycles. The van der Waals surface area contributed by atoms with E-state index in [1.165, 1.54) is 43.9 Å². The molecule has 0 aromatic heterocycles. The standard InChI is InChI=1S/C15H24N2/c1-3-14-5-7-15(8-6-14)13-17-11-9-16(4-2)10-12-17/h5-8H,3-4,9-13H2,1-2H3. The van der Waals surface area contributed by atoms with Gasteiger partial charge in [-0.3, -0.25) is 4.90 Å². The van der Waals surface area contributed by atoms with Crippen molar-refractivity contribution in [1.82, 2.24) is 9.80 Å². The van der Waals surface area contributed by atoms with Crippen LogP contribution >= 0.6 is 0 Å². The van der Waals surface area contributed by atoms with E-state index in [1.54, 1.807) is 0 Å². The van der Waals surface area contributed by atoms with Gasteiger partial charge in [0.05, 0.1) is 0 Å². The van der Waals surface area contributed by atoms with Gasteiger partial charge in [-0.25, -0.2) is 0 Å². The van der Waals surface area contributed by atoms with E-state index in [2.05, 4.69) is 47.9 Å². The molecule has 0 N–H and O–H groups in total. The lowest BCUT2D eigenvalue weighted by molar-refractivity contribution is 0.132. The topological polar surface area (TPSA) is 6.48 Å². The number of hydrogen-bond donors (Lipinski definition) is 0. The van der Waals surface area contributed by atoms with E-state index < -0.39 is 0 Å². The second-order valence-electron chi connectivity index (χ2n) is 4.88. The van der Waals surface area contributed by atoms with E-state index >= 15 is 0 Å². The first-order valence-corrected chi connectivity index (χ1v) is 6.84. The fourth-order valence-corrected chi connectivity index (χ4v) is 2.40. The molecule has 0 unspecified atom stereocenters. The fourth-order valence-electron chi connectivity index (χ4n) is 2.40. The Morgan fingerprint density at radius 2 is 1.35 bits per heavy atom. The summed E-state index contributed by atoms with van der Waals surface area (Å²) in [6.45, 7) is 11.6. The van der Waals surface area contributed by atoms with Gasteiger partial charge in [-0.15, -0.1) is 0 Å². The number of rotatable bonds is 4. The van der Waals surface area contributed by atoms with Crippen molar-refractivity contribution in [3.05, 3.63) is 35.4 Å². The quantitative estimate of drug-likeness (QED) is 0.786. The highest BCUT2D eigenvalue weighted by Crippen LogP contribution is 2.10. The highest BCUT2D eigenvalue weighted by molar-refractivity contribution is 5.22. The summed E-state index contributed by atoms with van der Waals surface area (Å²) in [4.78, 5) is 5.09. The van der Waals surface area contributed by atoms with Gasteiger partial charge in [0, 0.05) is 32.7 Å². The molecular formula is C15H24N2. The van der Waals surface area contributed by atoms with Crippen molar-refractivity contribution in [1.29, 1.82) is 0 Å². The Hall–Kier alpha value is -0.860. The average Bonchev–Trinajstić information content (AvgIpc) is 2.40. The molecular weight excluding hydrogens is 208 g/mol. The maximum atomic E-state index is 2.56. The summed E-state index contributed by atoms with van der Waals surface area (Å²) in [7, 11) is 0. The Kier molecular flexibility index (Phi) is 4.57. The molecule has 0 radical (unpaired) electrons. The Balaban J connectivity index is 1.84. The molecule has 0 atom stereocenters. The maximum absolute atomic E-state index is 2.56. The smallest absolute Gasteiger partial charge is 0.0234 e. The monoisotopic (exact) mass is 232 g/mol. The van der Waals surface area contributed by atoms with Crippen LogP contribution in [-0.2, 0) is 13.0 Å². The van der Waals surface area contributed by atoms with Crippen molar-refractivity contribution in [2.75, 3.05) is 32.7 Å². The summed E-state index contributed by atoms with van der Waals surface area (Å²) in [5, 5.41) is 0. The SMILES string of the molecule is CCc1ccc(CN2CCN(CC)CC2)cc1. The molecule has 0 spiro atoms. The second-order valence-corrected chi connectivity index (χ2v) is 4.88. The lowest BCUT2D eigenvalue weighted by Crippen LogP contribution is -2.45. The van der Waals surface area contributed by atoms with Gasteiger partial charge in [0.2, 0.25) is 0 Å². The molecule has 2 heteroatoms. The van der Waals surface area contributed by atoms with Crippen molar-refractivity contribution >= 4 is 0 Å². The third-order valence-corrected chi connectivity index (χ3v) is 3.75. The maximum Gasteiger partial charge on any atom is 0.0234 e. The van der Waals surface area contributed by atoms with Crippen molar-refractivity contribution < 1.29 is 0 Å². The van der Waals surface area contributed by atoms with Gasteiger partial charge in [0.25, 0.3) is 0 Å². The highest BCUT2D eigenvalue weighted by Gasteiger charge is 2.15. The number of aryl methyl sites for hydroxylation is 1. The molecule has 1 aromatic carbocycles. The molecule has 1 aromatic rings. The number of hydrogen-bond acceptors (Lipinski definition) is 2. The molecule has 2 nitrogen and oxygen atoms in total. The molecule has 0 aliphatic carbocycles. The van der Waals surface area contributed by atoms with Crippen molar-refractivity contribution in [3.8, 4) is 0 Å². The van der Waals surface area contributed by atoms with Crippen LogP contribution in [0.5, 0.6) is 0 Å². The number of benzene rings is 1. The zero-order valence-corrected chi connectivity index (χ0v) is 11.2. The number of likely N-dealkylation sites (N-methyl/N-ethyl adjacent to an activating group) is 1. The highest BCUT2D eigenvalue weighted by atomic mass is 15.3. The first-order valence-electron chi connectivity index (χ1n) is 6.84. The van der Waals surface area contributed by atoms with Crippen molar-refractivity contribution in [2.45, 2.75) is 26.8 Å². The first kappa shape index (κ1) is 12.6. The molecule has 1 aliphatic rings. The van der Waals surface area contributed by atoms with Crippen LogP contribution in [0.25, 0.3) is 0 Å². The molecule has 1 fully saturated rings. The Bertz CT molecular complexity index is 323. The predicted molar refractivity (Wildman–Crippen MR) is 73.2 cm³/mol. The van der Waals surface area contributed by atoms with Gasteiger partial charge < -0.3 is 4.90 Å². The summed E-state index contributed by atoms with van der Waals surface area (Å²) in [5.41, 5.74) is 2.89. The van der Waals surface area contributed by atoms with E-state index in [-0.39, 0.29) is 0 Å². The lowest BCUT2D eigenvalue weighted by Gasteiger charge is -2.34. The van der Waals surface area contributed by atoms with Crippen LogP contribution in [-0.4, -0.2) is 42.5 Å². The largest absolute Gasteiger partial charge is 0.301 e. The summed E-state index contributed by atoms with van der Waals surface area (Å²) in [5.74, 6) is 0.